The molecule has 0 aliphatic heterocycles. The molecule has 0 aliphatic rings. The predicted octanol–water partition coefficient (Wildman–Crippen LogP) is 2.57. The van der Waals surface area contributed by atoms with Crippen molar-refractivity contribution in [3.8, 4) is 0 Å². The van der Waals surface area contributed by atoms with E-state index in [4.69, 9.17) is 0 Å². The molecule has 0 unspecified atom stereocenters. The monoisotopic (exact) mass is 305 g/mol. The molecule has 0 amide bonds. The van der Waals surface area contributed by atoms with Crippen molar-refractivity contribution in [2.24, 2.45) is 0 Å². The third kappa shape index (κ3) is 2.95. The topological polar surface area (TPSA) is 84.3 Å². The zero-order valence-electron chi connectivity index (χ0n) is 11.5. The molecule has 0 aliphatic carbocycles. The zero-order chi connectivity index (χ0) is 15.5. The second-order valence-electron chi connectivity index (χ2n) is 4.54. The number of carboxylic acids is 1. The summed E-state index contributed by atoms with van der Waals surface area (Å²) in [5.74, 6) is -1.17. The summed E-state index contributed by atoms with van der Waals surface area (Å²) in [7, 11) is -3.77. The van der Waals surface area contributed by atoms with Crippen LogP contribution in [0.15, 0.2) is 52.5 Å². The molecule has 5 nitrogen and oxygen atoms in total. The Morgan fingerprint density at radius 1 is 1.19 bits per heavy atom. The van der Waals surface area contributed by atoms with Gasteiger partial charge in [0.05, 0.1) is 15.4 Å². The molecule has 1 N–H and O–H groups in total. The summed E-state index contributed by atoms with van der Waals surface area (Å²) in [6, 6.07) is 7.94. The molecule has 0 fully saturated rings. The first-order valence-electron chi connectivity index (χ1n) is 6.48. The Morgan fingerprint density at radius 2 is 1.86 bits per heavy atom. The summed E-state index contributed by atoms with van der Waals surface area (Å²) in [6.45, 7) is 1.87. The van der Waals surface area contributed by atoms with Gasteiger partial charge in [-0.25, -0.2) is 13.2 Å². The van der Waals surface area contributed by atoms with Crippen LogP contribution >= 0.6 is 0 Å². The van der Waals surface area contributed by atoms with Crippen LogP contribution in [0.5, 0.6) is 0 Å². The number of aromatic nitrogens is 1. The van der Waals surface area contributed by atoms with E-state index in [1.54, 1.807) is 18.2 Å². The summed E-state index contributed by atoms with van der Waals surface area (Å²) in [4.78, 5) is 15.2. The van der Waals surface area contributed by atoms with E-state index in [1.165, 1.54) is 24.5 Å². The molecule has 0 spiro atoms. The van der Waals surface area contributed by atoms with Gasteiger partial charge in [-0.3, -0.25) is 4.98 Å². The summed E-state index contributed by atoms with van der Waals surface area (Å²) in [5, 5.41) is 9.22. The number of pyridine rings is 1. The largest absolute Gasteiger partial charge is 0.478 e. The van der Waals surface area contributed by atoms with Crippen molar-refractivity contribution in [2.75, 3.05) is 0 Å². The van der Waals surface area contributed by atoms with Crippen molar-refractivity contribution < 1.29 is 18.3 Å². The maximum atomic E-state index is 12.7. The standard InChI is InChI=1S/C15H15NO4S/c1-2-6-12-13(15(17)18)9-16-10-14(12)21(19,20)11-7-4-3-5-8-11/h3-5,7-10H,2,6H2,1H3,(H,17,18). The number of carboxylic acid groups (broad SMARTS) is 1. The van der Waals surface area contributed by atoms with Gasteiger partial charge in [0.15, 0.2) is 0 Å². The molecular formula is C15H15NO4S. The number of carbonyl (C=O) groups is 1. The Morgan fingerprint density at radius 3 is 2.43 bits per heavy atom. The van der Waals surface area contributed by atoms with Crippen LogP contribution in [0.3, 0.4) is 0 Å². The van der Waals surface area contributed by atoms with Crippen molar-refractivity contribution in [3.05, 3.63) is 53.9 Å². The van der Waals surface area contributed by atoms with Crippen molar-refractivity contribution in [3.63, 3.8) is 0 Å². The van der Waals surface area contributed by atoms with Gasteiger partial charge in [-0.1, -0.05) is 31.5 Å². The quantitative estimate of drug-likeness (QED) is 0.917. The smallest absolute Gasteiger partial charge is 0.337 e. The highest BCUT2D eigenvalue weighted by Crippen LogP contribution is 2.26. The lowest BCUT2D eigenvalue weighted by molar-refractivity contribution is 0.0695. The molecule has 21 heavy (non-hydrogen) atoms. The summed E-state index contributed by atoms with van der Waals surface area (Å²) < 4.78 is 25.3. The Balaban J connectivity index is 2.69. The van der Waals surface area contributed by atoms with Gasteiger partial charge in [-0.15, -0.1) is 0 Å². The minimum atomic E-state index is -3.77. The van der Waals surface area contributed by atoms with Gasteiger partial charge in [0.25, 0.3) is 0 Å². The molecule has 1 aromatic carbocycles. The van der Waals surface area contributed by atoms with Crippen molar-refractivity contribution in [1.82, 2.24) is 4.98 Å². The molecule has 0 bridgehead atoms. The van der Waals surface area contributed by atoms with Crippen LogP contribution in [-0.2, 0) is 16.3 Å². The molecular weight excluding hydrogens is 290 g/mol. The van der Waals surface area contributed by atoms with Crippen LogP contribution in [0, 0.1) is 0 Å². The molecule has 0 radical (unpaired) electrons. The van der Waals surface area contributed by atoms with Gasteiger partial charge >= 0.3 is 5.97 Å². The number of rotatable bonds is 5. The fourth-order valence-corrected chi connectivity index (χ4v) is 3.62. The molecule has 0 saturated carbocycles. The predicted molar refractivity (Wildman–Crippen MR) is 77.1 cm³/mol. The molecule has 1 heterocycles. The number of nitrogens with zero attached hydrogens (tertiary/aromatic N) is 1. The lowest BCUT2D eigenvalue weighted by Crippen LogP contribution is -2.12. The molecule has 6 heteroatoms. The third-order valence-electron chi connectivity index (χ3n) is 3.09. The van der Waals surface area contributed by atoms with E-state index in [2.05, 4.69) is 4.98 Å². The maximum absolute atomic E-state index is 12.7. The lowest BCUT2D eigenvalue weighted by atomic mass is 10.1. The van der Waals surface area contributed by atoms with E-state index in [1.807, 2.05) is 6.92 Å². The summed E-state index contributed by atoms with van der Waals surface area (Å²) in [5.41, 5.74) is 0.248. The van der Waals surface area contributed by atoms with Crippen LogP contribution < -0.4 is 0 Å². The second kappa shape index (κ2) is 6.05. The van der Waals surface area contributed by atoms with Gasteiger partial charge in [0, 0.05) is 12.4 Å². The molecule has 0 saturated heterocycles. The van der Waals surface area contributed by atoms with Gasteiger partial charge in [0.1, 0.15) is 0 Å². The molecule has 1 aromatic heterocycles. The first-order chi connectivity index (χ1) is 9.98. The fourth-order valence-electron chi connectivity index (χ4n) is 2.12. The molecule has 0 atom stereocenters. The van der Waals surface area contributed by atoms with Gasteiger partial charge in [-0.05, 0) is 24.1 Å². The number of sulfone groups is 1. The van der Waals surface area contributed by atoms with Crippen LogP contribution in [0.1, 0.15) is 29.3 Å². The first kappa shape index (κ1) is 15.2. The van der Waals surface area contributed by atoms with Crippen LogP contribution in [0.25, 0.3) is 0 Å². The Hall–Kier alpha value is -2.21. The first-order valence-corrected chi connectivity index (χ1v) is 7.97. The maximum Gasteiger partial charge on any atom is 0.337 e. The average molecular weight is 305 g/mol. The Bertz CT molecular complexity index is 754. The van der Waals surface area contributed by atoms with Crippen molar-refractivity contribution in [1.29, 1.82) is 0 Å². The van der Waals surface area contributed by atoms with E-state index >= 15 is 0 Å². The third-order valence-corrected chi connectivity index (χ3v) is 4.92. The van der Waals surface area contributed by atoms with E-state index in [0.717, 1.165) is 0 Å². The highest BCUT2D eigenvalue weighted by Gasteiger charge is 2.25. The Kier molecular flexibility index (Phi) is 4.37. The van der Waals surface area contributed by atoms with Crippen molar-refractivity contribution in [2.45, 2.75) is 29.6 Å². The number of hydrogen-bond acceptors (Lipinski definition) is 4. The lowest BCUT2D eigenvalue weighted by Gasteiger charge is -2.12. The molecule has 110 valence electrons. The van der Waals surface area contributed by atoms with Gasteiger partial charge in [0.2, 0.25) is 9.84 Å². The van der Waals surface area contributed by atoms with E-state index < -0.39 is 15.8 Å². The Labute approximate surface area is 123 Å². The summed E-state index contributed by atoms with van der Waals surface area (Å²) >= 11 is 0. The second-order valence-corrected chi connectivity index (χ2v) is 6.45. The van der Waals surface area contributed by atoms with E-state index in [9.17, 15) is 18.3 Å². The van der Waals surface area contributed by atoms with Crippen LogP contribution in [0.2, 0.25) is 0 Å². The SMILES string of the molecule is CCCc1c(C(=O)O)cncc1S(=O)(=O)c1ccccc1. The van der Waals surface area contributed by atoms with Crippen molar-refractivity contribution >= 4 is 15.8 Å². The molecule has 2 rings (SSSR count). The van der Waals surface area contributed by atoms with Crippen LogP contribution in [-0.4, -0.2) is 24.5 Å². The normalized spacial score (nSPS) is 11.3. The highest BCUT2D eigenvalue weighted by atomic mass is 32.2. The minimum Gasteiger partial charge on any atom is -0.478 e. The van der Waals surface area contributed by atoms with E-state index in [-0.39, 0.29) is 15.4 Å². The highest BCUT2D eigenvalue weighted by molar-refractivity contribution is 7.91. The van der Waals surface area contributed by atoms with E-state index in [0.29, 0.717) is 18.4 Å². The molecule has 2 aromatic rings. The number of hydrogen-bond donors (Lipinski definition) is 1. The van der Waals surface area contributed by atoms with Gasteiger partial charge in [-0.2, -0.15) is 0 Å². The van der Waals surface area contributed by atoms with Crippen LogP contribution in [0.4, 0.5) is 0 Å². The minimum absolute atomic E-state index is 0.0320. The number of aromatic carboxylic acids is 1. The zero-order valence-corrected chi connectivity index (χ0v) is 12.3. The van der Waals surface area contributed by atoms with Gasteiger partial charge < -0.3 is 5.11 Å². The fraction of sp³-hybridized carbons (Fsp3) is 0.200. The number of benzene rings is 1. The summed E-state index contributed by atoms with van der Waals surface area (Å²) in [6.07, 6.45) is 3.42. The average Bonchev–Trinajstić information content (AvgIpc) is 2.48.